The summed E-state index contributed by atoms with van der Waals surface area (Å²) < 4.78 is 0. The van der Waals surface area contributed by atoms with Crippen molar-refractivity contribution in [2.45, 2.75) is 13.8 Å². The summed E-state index contributed by atoms with van der Waals surface area (Å²) in [6.45, 7) is 4.09. The molecule has 0 saturated carbocycles. The van der Waals surface area contributed by atoms with Gasteiger partial charge < -0.3 is 4.98 Å². The highest BCUT2D eigenvalue weighted by Crippen LogP contribution is 2.22. The molecule has 1 aromatic heterocycles. The second-order valence-electron chi connectivity index (χ2n) is 3.63. The maximum absolute atomic E-state index is 10.8. The molecule has 0 aliphatic carbocycles. The van der Waals surface area contributed by atoms with E-state index >= 15 is 0 Å². The van der Waals surface area contributed by atoms with Gasteiger partial charge in [0.25, 0.3) is 0 Å². The molecule has 0 radical (unpaired) electrons. The molecule has 0 spiro atoms. The molecule has 3 nitrogen and oxygen atoms in total. The Morgan fingerprint density at radius 2 is 2.07 bits per heavy atom. The van der Waals surface area contributed by atoms with Crippen molar-refractivity contribution in [3.63, 3.8) is 0 Å². The van der Waals surface area contributed by atoms with E-state index in [0.29, 0.717) is 0 Å². The van der Waals surface area contributed by atoms with Crippen LogP contribution in [0.5, 0.6) is 0 Å². The highest BCUT2D eigenvalue weighted by molar-refractivity contribution is 5.66. The Labute approximate surface area is 87.8 Å². The lowest BCUT2D eigenvalue weighted by Gasteiger charge is -2.05. The molecule has 0 saturated heterocycles. The Morgan fingerprint density at radius 3 is 2.73 bits per heavy atom. The first-order chi connectivity index (χ1) is 7.16. The number of H-pyrrole nitrogens is 1. The molecular weight excluding hydrogens is 188 g/mol. The van der Waals surface area contributed by atoms with E-state index in [4.69, 9.17) is 0 Å². The van der Waals surface area contributed by atoms with Gasteiger partial charge in [0, 0.05) is 18.0 Å². The summed E-state index contributed by atoms with van der Waals surface area (Å²) in [7, 11) is 0. The predicted octanol–water partition coefficient (Wildman–Crippen LogP) is 2.05. The molecule has 76 valence electrons. The minimum absolute atomic E-state index is 0.316. The Balaban J connectivity index is 2.58. The molecule has 2 aromatic rings. The fourth-order valence-corrected chi connectivity index (χ4v) is 1.54. The third kappa shape index (κ3) is 1.96. The first kappa shape index (κ1) is 9.65. The van der Waals surface area contributed by atoms with Gasteiger partial charge in [0.1, 0.15) is 0 Å². The van der Waals surface area contributed by atoms with E-state index in [-0.39, 0.29) is 5.69 Å². The normalized spacial score (nSPS) is 10.3. The van der Waals surface area contributed by atoms with Crippen molar-refractivity contribution in [1.82, 2.24) is 9.97 Å². The van der Waals surface area contributed by atoms with Gasteiger partial charge >= 0.3 is 5.69 Å². The van der Waals surface area contributed by atoms with Gasteiger partial charge in [0.15, 0.2) is 0 Å². The number of hydrogen-bond acceptors (Lipinski definition) is 2. The number of hydrogen-bond donors (Lipinski definition) is 1. The molecule has 15 heavy (non-hydrogen) atoms. The van der Waals surface area contributed by atoms with E-state index in [1.165, 1.54) is 11.1 Å². The van der Waals surface area contributed by atoms with E-state index in [1.807, 2.05) is 13.8 Å². The molecule has 0 fully saturated rings. The number of benzene rings is 1. The minimum Gasteiger partial charge on any atom is -0.312 e. The van der Waals surface area contributed by atoms with Crippen molar-refractivity contribution in [3.8, 4) is 11.1 Å². The maximum Gasteiger partial charge on any atom is 0.344 e. The van der Waals surface area contributed by atoms with Gasteiger partial charge in [-0.25, -0.2) is 9.78 Å². The smallest absolute Gasteiger partial charge is 0.312 e. The van der Waals surface area contributed by atoms with Crippen LogP contribution >= 0.6 is 0 Å². The number of aromatic nitrogens is 2. The van der Waals surface area contributed by atoms with Crippen LogP contribution in [0.15, 0.2) is 35.4 Å². The van der Waals surface area contributed by atoms with Crippen LogP contribution in [0.3, 0.4) is 0 Å². The van der Waals surface area contributed by atoms with Crippen molar-refractivity contribution in [2.24, 2.45) is 0 Å². The van der Waals surface area contributed by atoms with Gasteiger partial charge in [-0.1, -0.05) is 23.8 Å². The molecule has 0 unspecified atom stereocenters. The van der Waals surface area contributed by atoms with Crippen LogP contribution in [0, 0.1) is 13.8 Å². The number of nitrogens with one attached hydrogen (secondary N) is 1. The van der Waals surface area contributed by atoms with Gasteiger partial charge in [-0.15, -0.1) is 0 Å². The first-order valence-electron chi connectivity index (χ1n) is 4.79. The molecule has 0 bridgehead atoms. The van der Waals surface area contributed by atoms with Crippen LogP contribution in [0.1, 0.15) is 11.1 Å². The second kappa shape index (κ2) is 3.69. The number of nitrogens with zero attached hydrogens (tertiary/aromatic N) is 1. The third-order valence-corrected chi connectivity index (χ3v) is 2.38. The zero-order valence-electron chi connectivity index (χ0n) is 8.74. The number of aryl methyl sites for hydroxylation is 2. The molecule has 1 aromatic carbocycles. The van der Waals surface area contributed by atoms with E-state index in [1.54, 1.807) is 12.4 Å². The highest BCUT2D eigenvalue weighted by atomic mass is 16.1. The summed E-state index contributed by atoms with van der Waals surface area (Å²) in [4.78, 5) is 17.1. The van der Waals surface area contributed by atoms with Crippen molar-refractivity contribution in [2.75, 3.05) is 0 Å². The van der Waals surface area contributed by atoms with Crippen LogP contribution in [0.4, 0.5) is 0 Å². The SMILES string of the molecule is Cc1ccc(C)c(-c2cnc(=O)[nH]c2)c1. The maximum atomic E-state index is 10.8. The minimum atomic E-state index is -0.316. The van der Waals surface area contributed by atoms with Crippen molar-refractivity contribution >= 4 is 0 Å². The number of rotatable bonds is 1. The van der Waals surface area contributed by atoms with Gasteiger partial charge in [0.2, 0.25) is 0 Å². The number of aromatic amines is 1. The first-order valence-corrected chi connectivity index (χ1v) is 4.79. The summed E-state index contributed by atoms with van der Waals surface area (Å²) in [5.41, 5.74) is 4.11. The Morgan fingerprint density at radius 1 is 1.27 bits per heavy atom. The summed E-state index contributed by atoms with van der Waals surface area (Å²) >= 11 is 0. The summed E-state index contributed by atoms with van der Waals surface area (Å²) in [6, 6.07) is 6.22. The lowest BCUT2D eigenvalue weighted by molar-refractivity contribution is 1.08. The van der Waals surface area contributed by atoms with Crippen LogP contribution in [0.2, 0.25) is 0 Å². The monoisotopic (exact) mass is 200 g/mol. The quantitative estimate of drug-likeness (QED) is 0.765. The van der Waals surface area contributed by atoms with E-state index in [0.717, 1.165) is 11.1 Å². The molecule has 3 heteroatoms. The molecule has 1 heterocycles. The summed E-state index contributed by atoms with van der Waals surface area (Å²) in [5.74, 6) is 0. The topological polar surface area (TPSA) is 45.8 Å². The van der Waals surface area contributed by atoms with Gasteiger partial charge in [0.05, 0.1) is 0 Å². The van der Waals surface area contributed by atoms with Crippen LogP contribution in [-0.2, 0) is 0 Å². The van der Waals surface area contributed by atoms with Crippen LogP contribution in [0.25, 0.3) is 11.1 Å². The standard InChI is InChI=1S/C12H12N2O/c1-8-3-4-9(2)11(5-8)10-6-13-12(15)14-7-10/h3-7H,1-2H3,(H,13,14,15). The van der Waals surface area contributed by atoms with Crippen molar-refractivity contribution < 1.29 is 0 Å². The van der Waals surface area contributed by atoms with Crippen LogP contribution in [-0.4, -0.2) is 9.97 Å². The van der Waals surface area contributed by atoms with Gasteiger partial charge in [-0.05, 0) is 25.0 Å². The zero-order chi connectivity index (χ0) is 10.8. The van der Waals surface area contributed by atoms with E-state index < -0.39 is 0 Å². The van der Waals surface area contributed by atoms with Gasteiger partial charge in [-0.3, -0.25) is 0 Å². The zero-order valence-corrected chi connectivity index (χ0v) is 8.74. The Bertz CT molecular complexity index is 523. The molecule has 0 amide bonds. The fraction of sp³-hybridized carbons (Fsp3) is 0.167. The van der Waals surface area contributed by atoms with Crippen molar-refractivity contribution in [1.29, 1.82) is 0 Å². The Kier molecular flexibility index (Phi) is 2.37. The van der Waals surface area contributed by atoms with Crippen molar-refractivity contribution in [3.05, 3.63) is 52.2 Å². The van der Waals surface area contributed by atoms with E-state index in [2.05, 4.69) is 28.2 Å². The summed E-state index contributed by atoms with van der Waals surface area (Å²) in [5, 5.41) is 0. The average molecular weight is 200 g/mol. The average Bonchev–Trinajstić information content (AvgIpc) is 2.23. The lowest BCUT2D eigenvalue weighted by atomic mass is 10.0. The molecule has 1 N–H and O–H groups in total. The molecule has 0 aliphatic rings. The molecule has 0 atom stereocenters. The predicted molar refractivity (Wildman–Crippen MR) is 59.8 cm³/mol. The molecular formula is C12H12N2O. The largest absolute Gasteiger partial charge is 0.344 e. The Hall–Kier alpha value is -1.90. The molecule has 0 aliphatic heterocycles. The second-order valence-corrected chi connectivity index (χ2v) is 3.63. The fourth-order valence-electron chi connectivity index (χ4n) is 1.54. The van der Waals surface area contributed by atoms with Crippen LogP contribution < -0.4 is 5.69 Å². The summed E-state index contributed by atoms with van der Waals surface area (Å²) in [6.07, 6.45) is 3.29. The third-order valence-electron chi connectivity index (χ3n) is 2.38. The highest BCUT2D eigenvalue weighted by Gasteiger charge is 2.02. The van der Waals surface area contributed by atoms with Gasteiger partial charge in [-0.2, -0.15) is 0 Å². The molecule has 2 rings (SSSR count). The van der Waals surface area contributed by atoms with E-state index in [9.17, 15) is 4.79 Å². The lowest BCUT2D eigenvalue weighted by Crippen LogP contribution is -2.08.